The number of nitrogens with one attached hydrogen (secondary N) is 1. The predicted octanol–water partition coefficient (Wildman–Crippen LogP) is 3.74. The minimum atomic E-state index is 0. The summed E-state index contributed by atoms with van der Waals surface area (Å²) in [6.45, 7) is 6.63. The van der Waals surface area contributed by atoms with Crippen molar-refractivity contribution in [3.8, 4) is 5.75 Å². The SMILES string of the molecule is Cc1ccccc1OCCN(C)C(=NCC1CCOC1)NCCc1ccco1.I. The fourth-order valence-electron chi connectivity index (χ4n) is 3.12. The zero-order valence-electron chi connectivity index (χ0n) is 17.3. The Hall–Kier alpha value is -1.74. The van der Waals surface area contributed by atoms with E-state index in [2.05, 4.69) is 23.2 Å². The molecular weight excluding hydrogens is 481 g/mol. The van der Waals surface area contributed by atoms with Crippen LogP contribution in [0.4, 0.5) is 0 Å². The number of rotatable bonds is 9. The number of benzene rings is 1. The molecule has 1 unspecified atom stereocenters. The average molecular weight is 513 g/mol. The molecule has 2 heterocycles. The highest BCUT2D eigenvalue weighted by Crippen LogP contribution is 2.16. The zero-order chi connectivity index (χ0) is 19.6. The van der Waals surface area contributed by atoms with Crippen molar-refractivity contribution in [3.05, 3.63) is 54.0 Å². The van der Waals surface area contributed by atoms with Gasteiger partial charge in [-0.25, -0.2) is 0 Å². The molecule has 1 aliphatic heterocycles. The molecule has 0 aliphatic carbocycles. The summed E-state index contributed by atoms with van der Waals surface area (Å²) in [7, 11) is 2.05. The van der Waals surface area contributed by atoms with E-state index in [1.165, 1.54) is 0 Å². The highest BCUT2D eigenvalue weighted by atomic mass is 127. The smallest absolute Gasteiger partial charge is 0.193 e. The number of aryl methyl sites for hydroxylation is 1. The third-order valence-electron chi connectivity index (χ3n) is 4.90. The minimum Gasteiger partial charge on any atom is -0.491 e. The summed E-state index contributed by atoms with van der Waals surface area (Å²) in [5.41, 5.74) is 1.15. The van der Waals surface area contributed by atoms with E-state index < -0.39 is 0 Å². The van der Waals surface area contributed by atoms with Crippen molar-refractivity contribution < 1.29 is 13.9 Å². The Morgan fingerprint density at radius 3 is 2.86 bits per heavy atom. The number of aliphatic imine (C=N–C) groups is 1. The summed E-state index contributed by atoms with van der Waals surface area (Å²) >= 11 is 0. The van der Waals surface area contributed by atoms with Crippen molar-refractivity contribution in [3.63, 3.8) is 0 Å². The normalized spacial score (nSPS) is 16.3. The minimum absolute atomic E-state index is 0. The maximum absolute atomic E-state index is 5.94. The maximum atomic E-state index is 5.94. The van der Waals surface area contributed by atoms with Gasteiger partial charge in [-0.2, -0.15) is 0 Å². The van der Waals surface area contributed by atoms with Crippen molar-refractivity contribution in [2.75, 3.05) is 46.5 Å². The van der Waals surface area contributed by atoms with E-state index in [-0.39, 0.29) is 24.0 Å². The van der Waals surface area contributed by atoms with Crippen LogP contribution < -0.4 is 10.1 Å². The monoisotopic (exact) mass is 513 g/mol. The molecule has 1 atom stereocenters. The molecule has 3 rings (SSSR count). The second kappa shape index (κ2) is 12.7. The lowest BCUT2D eigenvalue weighted by Crippen LogP contribution is -2.42. The van der Waals surface area contributed by atoms with Crippen molar-refractivity contribution in [2.24, 2.45) is 10.9 Å². The fourth-order valence-corrected chi connectivity index (χ4v) is 3.12. The van der Waals surface area contributed by atoms with Gasteiger partial charge in [0.2, 0.25) is 0 Å². The first kappa shape index (κ1) is 23.5. The lowest BCUT2D eigenvalue weighted by Gasteiger charge is -2.23. The molecule has 1 aromatic heterocycles. The van der Waals surface area contributed by atoms with Crippen LogP contribution in [0.1, 0.15) is 17.7 Å². The Morgan fingerprint density at radius 1 is 1.28 bits per heavy atom. The molecule has 2 aromatic rings. The van der Waals surface area contributed by atoms with Gasteiger partial charge in [-0.15, -0.1) is 24.0 Å². The van der Waals surface area contributed by atoms with Crippen LogP contribution in [0.5, 0.6) is 5.75 Å². The quantitative estimate of drug-likeness (QED) is 0.315. The Balaban J connectivity index is 0.00000300. The van der Waals surface area contributed by atoms with Gasteiger partial charge in [0.1, 0.15) is 18.1 Å². The van der Waals surface area contributed by atoms with Crippen LogP contribution in [-0.4, -0.2) is 57.4 Å². The van der Waals surface area contributed by atoms with Gasteiger partial charge in [-0.1, -0.05) is 18.2 Å². The van der Waals surface area contributed by atoms with Gasteiger partial charge in [0.05, 0.1) is 19.4 Å². The molecule has 1 fully saturated rings. The van der Waals surface area contributed by atoms with E-state index in [0.717, 1.165) is 68.7 Å². The molecule has 0 saturated carbocycles. The van der Waals surface area contributed by atoms with Crippen LogP contribution in [-0.2, 0) is 11.2 Å². The van der Waals surface area contributed by atoms with Gasteiger partial charge >= 0.3 is 0 Å². The number of para-hydroxylation sites is 1. The standard InChI is InChI=1S/C22H31N3O3.HI/c1-18-6-3-4-8-21(18)28-15-12-25(2)22(24-16-19-10-14-26-17-19)23-11-9-20-7-5-13-27-20;/h3-8,13,19H,9-12,14-17H2,1-2H3,(H,23,24);1H. The molecule has 0 radical (unpaired) electrons. The molecule has 1 aromatic carbocycles. The van der Waals surface area contributed by atoms with E-state index in [1.807, 2.05) is 37.4 Å². The van der Waals surface area contributed by atoms with E-state index in [4.69, 9.17) is 18.9 Å². The van der Waals surface area contributed by atoms with E-state index in [9.17, 15) is 0 Å². The Kier molecular flexibility index (Phi) is 10.3. The van der Waals surface area contributed by atoms with Crippen molar-refractivity contribution in [1.29, 1.82) is 0 Å². The number of halogens is 1. The summed E-state index contributed by atoms with van der Waals surface area (Å²) in [5, 5.41) is 3.46. The first-order valence-electron chi connectivity index (χ1n) is 10.0. The largest absolute Gasteiger partial charge is 0.491 e. The second-order valence-electron chi connectivity index (χ2n) is 7.19. The number of nitrogens with zero attached hydrogens (tertiary/aromatic N) is 2. The van der Waals surface area contributed by atoms with Crippen molar-refractivity contribution in [1.82, 2.24) is 10.2 Å². The highest BCUT2D eigenvalue weighted by molar-refractivity contribution is 14.0. The first-order chi connectivity index (χ1) is 13.7. The van der Waals surface area contributed by atoms with Crippen LogP contribution in [0, 0.1) is 12.8 Å². The topological polar surface area (TPSA) is 59.2 Å². The molecule has 0 bridgehead atoms. The van der Waals surface area contributed by atoms with Gasteiger partial charge in [-0.05, 0) is 37.1 Å². The van der Waals surface area contributed by atoms with Gasteiger partial charge in [0.25, 0.3) is 0 Å². The molecule has 29 heavy (non-hydrogen) atoms. The average Bonchev–Trinajstić information content (AvgIpc) is 3.40. The summed E-state index contributed by atoms with van der Waals surface area (Å²) in [6, 6.07) is 12.0. The third kappa shape index (κ3) is 7.89. The number of furan rings is 1. The summed E-state index contributed by atoms with van der Waals surface area (Å²) in [4.78, 5) is 6.95. The summed E-state index contributed by atoms with van der Waals surface area (Å²) in [6.07, 6.45) is 3.62. The number of likely N-dealkylation sites (N-methyl/N-ethyl adjacent to an activating group) is 1. The number of hydrogen-bond acceptors (Lipinski definition) is 4. The van der Waals surface area contributed by atoms with Crippen molar-refractivity contribution in [2.45, 2.75) is 19.8 Å². The van der Waals surface area contributed by atoms with Crippen molar-refractivity contribution >= 4 is 29.9 Å². The molecule has 160 valence electrons. The van der Waals surface area contributed by atoms with Crippen LogP contribution in [0.15, 0.2) is 52.1 Å². The predicted molar refractivity (Wildman–Crippen MR) is 126 cm³/mol. The van der Waals surface area contributed by atoms with Crippen LogP contribution in [0.3, 0.4) is 0 Å². The van der Waals surface area contributed by atoms with E-state index in [1.54, 1.807) is 6.26 Å². The molecule has 7 heteroatoms. The molecule has 1 N–H and O–H groups in total. The number of hydrogen-bond donors (Lipinski definition) is 1. The maximum Gasteiger partial charge on any atom is 0.193 e. The number of guanidine groups is 1. The zero-order valence-corrected chi connectivity index (χ0v) is 19.6. The van der Waals surface area contributed by atoms with Gasteiger partial charge in [0.15, 0.2) is 5.96 Å². The summed E-state index contributed by atoms with van der Waals surface area (Å²) < 4.78 is 16.8. The Labute approximate surface area is 190 Å². The second-order valence-corrected chi connectivity index (χ2v) is 7.19. The number of ether oxygens (including phenoxy) is 2. The van der Waals surface area contributed by atoms with Crippen LogP contribution in [0.25, 0.3) is 0 Å². The molecule has 1 aliphatic rings. The fraction of sp³-hybridized carbons (Fsp3) is 0.500. The summed E-state index contributed by atoms with van der Waals surface area (Å²) in [5.74, 6) is 3.31. The first-order valence-corrected chi connectivity index (χ1v) is 10.0. The Morgan fingerprint density at radius 2 is 2.14 bits per heavy atom. The molecule has 6 nitrogen and oxygen atoms in total. The van der Waals surface area contributed by atoms with Crippen LogP contribution >= 0.6 is 24.0 Å². The molecule has 0 amide bonds. The van der Waals surface area contributed by atoms with Crippen LogP contribution in [0.2, 0.25) is 0 Å². The van der Waals surface area contributed by atoms with Gasteiger partial charge < -0.3 is 24.1 Å². The van der Waals surface area contributed by atoms with Gasteiger partial charge in [-0.3, -0.25) is 4.99 Å². The highest BCUT2D eigenvalue weighted by Gasteiger charge is 2.16. The van der Waals surface area contributed by atoms with E-state index >= 15 is 0 Å². The van der Waals surface area contributed by atoms with Gasteiger partial charge in [0, 0.05) is 39.1 Å². The Bertz CT molecular complexity index is 731. The molecule has 1 saturated heterocycles. The third-order valence-corrected chi connectivity index (χ3v) is 4.90. The van der Waals surface area contributed by atoms with E-state index in [0.29, 0.717) is 12.5 Å². The lowest BCUT2D eigenvalue weighted by atomic mass is 10.1. The lowest BCUT2D eigenvalue weighted by molar-refractivity contribution is 0.187. The molecular formula is C22H32IN3O3. The molecule has 0 spiro atoms.